The fourth-order valence-corrected chi connectivity index (χ4v) is 2.08. The molecule has 90 valence electrons. The predicted octanol–water partition coefficient (Wildman–Crippen LogP) is 2.80. The van der Waals surface area contributed by atoms with Gasteiger partial charge < -0.3 is 5.73 Å². The topological polar surface area (TPSA) is 26.0 Å². The second-order valence-corrected chi connectivity index (χ2v) is 4.63. The first-order valence-electron chi connectivity index (χ1n) is 6.06. The predicted molar refractivity (Wildman–Crippen MR) is 76.0 cm³/mol. The molecule has 0 fully saturated rings. The summed E-state index contributed by atoms with van der Waals surface area (Å²) in [5, 5.41) is 0. The fraction of sp³-hybridized carbons (Fsp3) is 0.176. The van der Waals surface area contributed by atoms with Crippen molar-refractivity contribution in [1.82, 2.24) is 0 Å². The Bertz CT molecular complexity index is 481. The molecule has 2 rings (SSSR count). The van der Waals surface area contributed by atoms with Crippen molar-refractivity contribution < 1.29 is 0 Å². The van der Waals surface area contributed by atoms with Crippen LogP contribution in [0.2, 0.25) is 0 Å². The molecule has 1 heteroatoms. The minimum Gasteiger partial charge on any atom is -0.315 e. The van der Waals surface area contributed by atoms with Gasteiger partial charge in [0.2, 0.25) is 0 Å². The van der Waals surface area contributed by atoms with Gasteiger partial charge in [0.05, 0.1) is 5.54 Å². The smallest absolute Gasteiger partial charge is 0.0854 e. The van der Waals surface area contributed by atoms with Gasteiger partial charge >= 0.3 is 0 Å². The van der Waals surface area contributed by atoms with Gasteiger partial charge in [-0.1, -0.05) is 66.6 Å². The highest BCUT2D eigenvalue weighted by molar-refractivity contribution is 5.28. The van der Waals surface area contributed by atoms with Crippen molar-refractivity contribution in [2.75, 3.05) is 0 Å². The van der Waals surface area contributed by atoms with Crippen LogP contribution in [-0.4, -0.2) is 5.54 Å². The summed E-state index contributed by atoms with van der Waals surface area (Å²) in [6, 6.07) is 20.3. The van der Waals surface area contributed by atoms with Crippen LogP contribution >= 0.6 is 0 Å². The number of rotatable bonds is 4. The zero-order valence-corrected chi connectivity index (χ0v) is 10.3. The minimum absolute atomic E-state index is 0.622. The number of benzene rings is 2. The Hall–Kier alpha value is -2.04. The Labute approximate surface area is 109 Å². The molecule has 0 aromatic heterocycles. The lowest BCUT2D eigenvalue weighted by Gasteiger charge is -2.23. The van der Waals surface area contributed by atoms with E-state index >= 15 is 0 Å². The van der Waals surface area contributed by atoms with Gasteiger partial charge in [0.1, 0.15) is 0 Å². The third kappa shape index (κ3) is 3.23. The molecule has 0 atom stereocenters. The summed E-state index contributed by atoms with van der Waals surface area (Å²) < 4.78 is 0. The molecule has 0 unspecified atom stereocenters. The minimum atomic E-state index is -0.622. The molecule has 2 aromatic carbocycles. The molecule has 18 heavy (non-hydrogen) atoms. The lowest BCUT2D eigenvalue weighted by atomic mass is 9.86. The zero-order valence-electron chi connectivity index (χ0n) is 10.3. The average molecular weight is 235 g/mol. The standard InChI is InChI=1S/C17H17N/c1-2-17(18,13-15-9-5-3-6-10-15)14-16-11-7-4-8-12-16/h1,3-12H,13-14,18H2. The van der Waals surface area contributed by atoms with Gasteiger partial charge in [-0.3, -0.25) is 0 Å². The Morgan fingerprint density at radius 1 is 0.833 bits per heavy atom. The number of terminal acetylenes is 1. The summed E-state index contributed by atoms with van der Waals surface area (Å²) in [7, 11) is 0. The Morgan fingerprint density at radius 3 is 1.56 bits per heavy atom. The highest BCUT2D eigenvalue weighted by Crippen LogP contribution is 2.16. The molecule has 2 aromatic rings. The van der Waals surface area contributed by atoms with Crippen molar-refractivity contribution in [2.24, 2.45) is 5.73 Å². The zero-order chi connectivity index (χ0) is 12.8. The van der Waals surface area contributed by atoms with E-state index in [2.05, 4.69) is 30.2 Å². The summed E-state index contributed by atoms with van der Waals surface area (Å²) in [4.78, 5) is 0. The number of hydrogen-bond donors (Lipinski definition) is 1. The van der Waals surface area contributed by atoms with Crippen LogP contribution in [-0.2, 0) is 12.8 Å². The average Bonchev–Trinajstić information content (AvgIpc) is 2.41. The Kier molecular flexibility index (Phi) is 3.82. The van der Waals surface area contributed by atoms with Crippen LogP contribution in [0.15, 0.2) is 60.7 Å². The van der Waals surface area contributed by atoms with E-state index in [1.54, 1.807) is 0 Å². The Morgan fingerprint density at radius 2 is 1.22 bits per heavy atom. The van der Waals surface area contributed by atoms with E-state index in [4.69, 9.17) is 12.2 Å². The summed E-state index contributed by atoms with van der Waals surface area (Å²) in [6.45, 7) is 0. The second-order valence-electron chi connectivity index (χ2n) is 4.63. The number of hydrogen-bond acceptors (Lipinski definition) is 1. The molecule has 0 aliphatic heterocycles. The highest BCUT2D eigenvalue weighted by atomic mass is 14.7. The maximum absolute atomic E-state index is 6.33. The molecular formula is C17H17N. The van der Waals surface area contributed by atoms with Crippen molar-refractivity contribution in [2.45, 2.75) is 18.4 Å². The third-order valence-electron chi connectivity index (χ3n) is 3.01. The molecule has 0 aliphatic rings. The molecule has 0 heterocycles. The van der Waals surface area contributed by atoms with Gasteiger partial charge in [0, 0.05) is 12.8 Å². The van der Waals surface area contributed by atoms with Gasteiger partial charge in [0.15, 0.2) is 0 Å². The maximum Gasteiger partial charge on any atom is 0.0854 e. The van der Waals surface area contributed by atoms with Crippen molar-refractivity contribution in [3.8, 4) is 12.3 Å². The molecule has 0 spiro atoms. The third-order valence-corrected chi connectivity index (χ3v) is 3.01. The first kappa shape index (κ1) is 12.4. The van der Waals surface area contributed by atoms with Crippen molar-refractivity contribution in [3.05, 3.63) is 71.8 Å². The maximum atomic E-state index is 6.33. The SMILES string of the molecule is C#CC(N)(Cc1ccccc1)Cc1ccccc1. The first-order chi connectivity index (χ1) is 8.72. The van der Waals surface area contributed by atoms with E-state index in [0.717, 1.165) is 0 Å². The van der Waals surface area contributed by atoms with Crippen LogP contribution in [0.25, 0.3) is 0 Å². The van der Waals surface area contributed by atoms with Crippen molar-refractivity contribution in [1.29, 1.82) is 0 Å². The summed E-state index contributed by atoms with van der Waals surface area (Å²) in [6.07, 6.45) is 7.02. The molecule has 2 N–H and O–H groups in total. The first-order valence-corrected chi connectivity index (χ1v) is 6.06. The molecule has 0 bridgehead atoms. The van der Waals surface area contributed by atoms with Gasteiger partial charge in [0.25, 0.3) is 0 Å². The van der Waals surface area contributed by atoms with Crippen LogP contribution in [0.1, 0.15) is 11.1 Å². The van der Waals surface area contributed by atoms with Crippen LogP contribution in [0.4, 0.5) is 0 Å². The van der Waals surface area contributed by atoms with Crippen molar-refractivity contribution >= 4 is 0 Å². The molecule has 1 nitrogen and oxygen atoms in total. The van der Waals surface area contributed by atoms with E-state index < -0.39 is 5.54 Å². The molecule has 0 saturated heterocycles. The molecule has 0 aliphatic carbocycles. The molecule has 0 amide bonds. The van der Waals surface area contributed by atoms with E-state index in [9.17, 15) is 0 Å². The lowest BCUT2D eigenvalue weighted by molar-refractivity contribution is 0.542. The summed E-state index contributed by atoms with van der Waals surface area (Å²) in [5.74, 6) is 2.75. The van der Waals surface area contributed by atoms with Crippen LogP contribution in [0.3, 0.4) is 0 Å². The van der Waals surface area contributed by atoms with Crippen molar-refractivity contribution in [3.63, 3.8) is 0 Å². The molecule has 0 saturated carbocycles. The van der Waals surface area contributed by atoms with E-state index in [1.807, 2.05) is 36.4 Å². The van der Waals surface area contributed by atoms with E-state index in [-0.39, 0.29) is 0 Å². The van der Waals surface area contributed by atoms with Gasteiger partial charge in [-0.05, 0) is 11.1 Å². The van der Waals surface area contributed by atoms with Crippen LogP contribution in [0.5, 0.6) is 0 Å². The Balaban J connectivity index is 2.14. The lowest BCUT2D eigenvalue weighted by Crippen LogP contribution is -2.42. The second kappa shape index (κ2) is 5.53. The quantitative estimate of drug-likeness (QED) is 0.810. The van der Waals surface area contributed by atoms with Crippen LogP contribution < -0.4 is 5.73 Å². The highest BCUT2D eigenvalue weighted by Gasteiger charge is 2.22. The summed E-state index contributed by atoms with van der Waals surface area (Å²) >= 11 is 0. The fourth-order valence-electron chi connectivity index (χ4n) is 2.08. The van der Waals surface area contributed by atoms with E-state index in [0.29, 0.717) is 12.8 Å². The molecular weight excluding hydrogens is 218 g/mol. The summed E-state index contributed by atoms with van der Waals surface area (Å²) in [5.41, 5.74) is 8.05. The van der Waals surface area contributed by atoms with Gasteiger partial charge in [-0.15, -0.1) is 6.42 Å². The number of nitrogens with two attached hydrogens (primary N) is 1. The van der Waals surface area contributed by atoms with Crippen LogP contribution in [0, 0.1) is 12.3 Å². The van der Waals surface area contributed by atoms with Gasteiger partial charge in [-0.25, -0.2) is 0 Å². The van der Waals surface area contributed by atoms with Gasteiger partial charge in [-0.2, -0.15) is 0 Å². The monoisotopic (exact) mass is 235 g/mol. The molecule has 0 radical (unpaired) electrons. The largest absolute Gasteiger partial charge is 0.315 e. The normalized spacial score (nSPS) is 10.9. The van der Waals surface area contributed by atoms with E-state index in [1.165, 1.54) is 11.1 Å².